The van der Waals surface area contributed by atoms with Gasteiger partial charge >= 0.3 is 0 Å². The summed E-state index contributed by atoms with van der Waals surface area (Å²) in [4.78, 5) is 16.2. The molecule has 1 saturated heterocycles. The molecular formula is C30H48N2O6. The molecule has 0 aromatic heterocycles. The summed E-state index contributed by atoms with van der Waals surface area (Å²) in [5.41, 5.74) is 4.46. The van der Waals surface area contributed by atoms with E-state index in [9.17, 15) is 4.79 Å². The molecule has 1 heterocycles. The normalized spacial score (nSPS) is 25.0. The van der Waals surface area contributed by atoms with Gasteiger partial charge in [-0.15, -0.1) is 0 Å². The van der Waals surface area contributed by atoms with Crippen LogP contribution in [0.15, 0.2) is 12.1 Å². The first-order chi connectivity index (χ1) is 18.5. The molecule has 8 heteroatoms. The van der Waals surface area contributed by atoms with Gasteiger partial charge in [0.05, 0.1) is 65.5 Å². The zero-order valence-electron chi connectivity index (χ0n) is 23.9. The van der Waals surface area contributed by atoms with Crippen LogP contribution in [0.4, 0.5) is 5.69 Å². The Morgan fingerprint density at radius 2 is 1.55 bits per heavy atom. The van der Waals surface area contributed by atoms with Gasteiger partial charge in [0.1, 0.15) is 0 Å². The van der Waals surface area contributed by atoms with Crippen molar-refractivity contribution in [2.75, 3.05) is 91.5 Å². The van der Waals surface area contributed by atoms with Crippen molar-refractivity contribution in [1.82, 2.24) is 4.90 Å². The van der Waals surface area contributed by atoms with Crippen LogP contribution in [0, 0.1) is 18.8 Å². The number of ketones is 1. The highest BCUT2D eigenvalue weighted by Crippen LogP contribution is 2.52. The average molecular weight is 533 g/mol. The molecule has 1 aromatic rings. The van der Waals surface area contributed by atoms with Crippen molar-refractivity contribution in [2.45, 2.75) is 51.5 Å². The summed E-state index contributed by atoms with van der Waals surface area (Å²) in [7, 11) is 1.66. The van der Waals surface area contributed by atoms with Crippen molar-refractivity contribution in [3.63, 3.8) is 0 Å². The molecule has 2 aliphatic carbocycles. The van der Waals surface area contributed by atoms with Gasteiger partial charge in [0.2, 0.25) is 0 Å². The standard InChI is InChI=1S/C30H48N2O6/c1-22-5-8-25-26(30(3)9-11-32(21-24-6-7-24)28(23(30)2)29(25)33)27(22)31-10-12-35-15-16-37-19-20-38-18-17-36-14-13-34-4/h5,8,23-24,28,31H,6-7,9-21H2,1-4H3/t23-,28-,30+/m0/s1. The van der Waals surface area contributed by atoms with Crippen molar-refractivity contribution in [3.05, 3.63) is 28.8 Å². The molecule has 38 heavy (non-hydrogen) atoms. The highest BCUT2D eigenvalue weighted by molar-refractivity contribution is 6.05. The molecule has 0 spiro atoms. The van der Waals surface area contributed by atoms with Crippen LogP contribution >= 0.6 is 0 Å². The lowest BCUT2D eigenvalue weighted by Gasteiger charge is -2.54. The molecule has 1 aliphatic heterocycles. The number of Topliss-reactive ketones (excluding diaryl/α,β-unsaturated/α-hetero) is 1. The third kappa shape index (κ3) is 7.14. The van der Waals surface area contributed by atoms with Gasteiger partial charge in [-0.2, -0.15) is 0 Å². The molecule has 0 amide bonds. The van der Waals surface area contributed by atoms with Crippen LogP contribution in [0.3, 0.4) is 0 Å². The van der Waals surface area contributed by atoms with Gasteiger partial charge in [-0.1, -0.05) is 26.0 Å². The molecule has 1 aromatic carbocycles. The zero-order chi connectivity index (χ0) is 27.0. The third-order valence-electron chi connectivity index (χ3n) is 8.59. The fourth-order valence-electron chi connectivity index (χ4n) is 6.03. The number of nitrogens with zero attached hydrogens (tertiary/aromatic N) is 1. The molecule has 3 atom stereocenters. The number of fused-ring (bicyclic) bond motifs is 4. The number of ether oxygens (including phenoxy) is 5. The maximum Gasteiger partial charge on any atom is 0.180 e. The number of likely N-dealkylation sites (tertiary alicyclic amines) is 1. The predicted molar refractivity (Wildman–Crippen MR) is 148 cm³/mol. The second-order valence-electron chi connectivity index (χ2n) is 11.3. The van der Waals surface area contributed by atoms with Gasteiger partial charge < -0.3 is 29.0 Å². The smallest absolute Gasteiger partial charge is 0.180 e. The molecule has 1 N–H and O–H groups in total. The molecule has 2 bridgehead atoms. The fourth-order valence-corrected chi connectivity index (χ4v) is 6.03. The Bertz CT molecular complexity index is 907. The van der Waals surface area contributed by atoms with Gasteiger partial charge in [-0.05, 0) is 55.7 Å². The lowest BCUT2D eigenvalue weighted by atomic mass is 9.58. The minimum Gasteiger partial charge on any atom is -0.382 e. The number of carbonyl (C=O) groups excluding carboxylic acids is 1. The van der Waals surface area contributed by atoms with E-state index in [-0.39, 0.29) is 11.5 Å². The van der Waals surface area contributed by atoms with Crippen molar-refractivity contribution < 1.29 is 28.5 Å². The Balaban J connectivity index is 1.19. The highest BCUT2D eigenvalue weighted by atomic mass is 16.6. The number of nitrogens with one attached hydrogen (secondary N) is 1. The third-order valence-corrected chi connectivity index (χ3v) is 8.59. The van der Waals surface area contributed by atoms with E-state index in [2.05, 4.69) is 43.1 Å². The summed E-state index contributed by atoms with van der Waals surface area (Å²) in [5.74, 6) is 1.41. The number of hydrogen-bond donors (Lipinski definition) is 1. The first-order valence-corrected chi connectivity index (χ1v) is 14.4. The first kappa shape index (κ1) is 29.4. The van der Waals surface area contributed by atoms with Gasteiger partial charge in [-0.25, -0.2) is 0 Å². The maximum absolute atomic E-state index is 13.7. The number of methoxy groups -OCH3 is 1. The van der Waals surface area contributed by atoms with Crippen LogP contribution in [0.25, 0.3) is 0 Å². The minimum absolute atomic E-state index is 0.00483. The Labute approximate surface area is 228 Å². The summed E-state index contributed by atoms with van der Waals surface area (Å²) in [6, 6.07) is 4.18. The van der Waals surface area contributed by atoms with Gasteiger partial charge in [-0.3, -0.25) is 9.69 Å². The molecule has 1 saturated carbocycles. The van der Waals surface area contributed by atoms with Gasteiger partial charge in [0.15, 0.2) is 5.78 Å². The Morgan fingerprint density at radius 1 is 0.947 bits per heavy atom. The van der Waals surface area contributed by atoms with Gasteiger partial charge in [0, 0.05) is 36.9 Å². The monoisotopic (exact) mass is 532 g/mol. The molecule has 8 nitrogen and oxygen atoms in total. The summed E-state index contributed by atoms with van der Waals surface area (Å²) in [6.45, 7) is 14.7. The van der Waals surface area contributed by atoms with E-state index >= 15 is 0 Å². The van der Waals surface area contributed by atoms with E-state index in [1.54, 1.807) is 7.11 Å². The molecule has 3 aliphatic rings. The first-order valence-electron chi connectivity index (χ1n) is 14.4. The average Bonchev–Trinajstić information content (AvgIpc) is 3.72. The number of anilines is 1. The van der Waals surface area contributed by atoms with Crippen LogP contribution in [0.1, 0.15) is 54.6 Å². The predicted octanol–water partition coefficient (Wildman–Crippen LogP) is 3.69. The van der Waals surface area contributed by atoms with Crippen LogP contribution in [-0.4, -0.2) is 103 Å². The van der Waals surface area contributed by atoms with Crippen LogP contribution in [0.2, 0.25) is 0 Å². The number of hydrogen-bond acceptors (Lipinski definition) is 8. The van der Waals surface area contributed by atoms with Crippen LogP contribution in [0.5, 0.6) is 0 Å². The number of carbonyl (C=O) groups is 1. The maximum atomic E-state index is 13.7. The molecule has 214 valence electrons. The number of piperidine rings is 1. The summed E-state index contributed by atoms with van der Waals surface area (Å²) in [5, 5.41) is 3.64. The topological polar surface area (TPSA) is 78.5 Å². The minimum atomic E-state index is -0.00483. The quantitative estimate of drug-likeness (QED) is 0.287. The molecule has 0 radical (unpaired) electrons. The Kier molecular flexibility index (Phi) is 11.0. The second-order valence-corrected chi connectivity index (χ2v) is 11.3. The van der Waals surface area contributed by atoms with Gasteiger partial charge in [0.25, 0.3) is 0 Å². The SMILES string of the molecule is COCCOCCOCCOCCOCCNc1c(C)ccc2c1[C@]1(C)CCN(CC3CC3)[C@H](C2=O)[C@@H]1C. The fraction of sp³-hybridized carbons (Fsp3) is 0.767. The zero-order valence-corrected chi connectivity index (χ0v) is 23.9. The van der Waals surface area contributed by atoms with Crippen LogP contribution < -0.4 is 5.32 Å². The Morgan fingerprint density at radius 3 is 2.16 bits per heavy atom. The van der Waals surface area contributed by atoms with E-state index in [1.165, 1.54) is 24.0 Å². The van der Waals surface area contributed by atoms with E-state index in [0.29, 0.717) is 77.7 Å². The molecule has 4 rings (SSSR count). The van der Waals surface area contributed by atoms with Crippen molar-refractivity contribution in [2.24, 2.45) is 11.8 Å². The lowest BCUT2D eigenvalue weighted by Crippen LogP contribution is -2.61. The van der Waals surface area contributed by atoms with Crippen molar-refractivity contribution in [3.8, 4) is 0 Å². The number of benzene rings is 1. The lowest BCUT2D eigenvalue weighted by molar-refractivity contribution is -0.00700. The van der Waals surface area contributed by atoms with E-state index in [0.717, 1.165) is 36.7 Å². The molecule has 0 unspecified atom stereocenters. The summed E-state index contributed by atoms with van der Waals surface area (Å²) >= 11 is 0. The van der Waals surface area contributed by atoms with E-state index in [1.807, 2.05) is 0 Å². The Hall–Kier alpha value is -1.55. The summed E-state index contributed by atoms with van der Waals surface area (Å²) in [6.07, 6.45) is 3.73. The second kappa shape index (κ2) is 14.2. The summed E-state index contributed by atoms with van der Waals surface area (Å²) < 4.78 is 27.1. The number of rotatable bonds is 18. The van der Waals surface area contributed by atoms with Crippen molar-refractivity contribution in [1.29, 1.82) is 0 Å². The van der Waals surface area contributed by atoms with Crippen LogP contribution in [-0.2, 0) is 29.1 Å². The largest absolute Gasteiger partial charge is 0.382 e. The van der Waals surface area contributed by atoms with Crippen molar-refractivity contribution >= 4 is 11.5 Å². The molecular weight excluding hydrogens is 484 g/mol. The van der Waals surface area contributed by atoms with E-state index < -0.39 is 0 Å². The number of aryl methyl sites for hydroxylation is 1. The molecule has 2 fully saturated rings. The van der Waals surface area contributed by atoms with E-state index in [4.69, 9.17) is 23.7 Å². The highest BCUT2D eigenvalue weighted by Gasteiger charge is 2.53.